The van der Waals surface area contributed by atoms with Crippen molar-refractivity contribution in [3.8, 4) is 0 Å². The summed E-state index contributed by atoms with van der Waals surface area (Å²) < 4.78 is 0. The molecule has 0 spiro atoms. The van der Waals surface area contributed by atoms with Gasteiger partial charge >= 0.3 is 0 Å². The number of aromatic amines is 1. The molecule has 0 radical (unpaired) electrons. The Kier molecular flexibility index (Phi) is 2.66. The van der Waals surface area contributed by atoms with Gasteiger partial charge in [-0.05, 0) is 25.0 Å². The predicted molar refractivity (Wildman–Crippen MR) is 70.2 cm³/mol. The lowest BCUT2D eigenvalue weighted by atomic mass is 9.97. The summed E-state index contributed by atoms with van der Waals surface area (Å²) in [7, 11) is 0. The van der Waals surface area contributed by atoms with E-state index in [0.29, 0.717) is 0 Å². The molecule has 3 rings (SSSR count). The Morgan fingerprint density at radius 3 is 2.72 bits per heavy atom. The minimum absolute atomic E-state index is 0.0191. The average molecular weight is 244 g/mol. The summed E-state index contributed by atoms with van der Waals surface area (Å²) in [6.07, 6.45) is 1.62. The first kappa shape index (κ1) is 11.1. The molecule has 5 heteroatoms. The van der Waals surface area contributed by atoms with Gasteiger partial charge < -0.3 is 15.6 Å². The van der Waals surface area contributed by atoms with Gasteiger partial charge in [0.1, 0.15) is 0 Å². The molecule has 0 unspecified atom stereocenters. The minimum Gasteiger partial charge on any atom is -0.369 e. The number of aromatic nitrogens is 2. The standard InChI is InChI=1S/C13H16N4O/c14-12(18)9-5-7-17(8-6-9)13-15-10-3-1-2-4-11(10)16-13/h1-4,9H,5-8H2,(H2,14,18)(H,15,16). The number of amides is 1. The van der Waals surface area contributed by atoms with Crippen molar-refractivity contribution in [2.75, 3.05) is 18.0 Å². The van der Waals surface area contributed by atoms with E-state index in [0.717, 1.165) is 42.9 Å². The highest BCUT2D eigenvalue weighted by atomic mass is 16.1. The van der Waals surface area contributed by atoms with Crippen LogP contribution in [0, 0.1) is 5.92 Å². The number of primary amides is 1. The van der Waals surface area contributed by atoms with E-state index in [1.54, 1.807) is 0 Å². The molecular formula is C13H16N4O. The first-order valence-corrected chi connectivity index (χ1v) is 6.23. The van der Waals surface area contributed by atoms with Crippen LogP contribution in [0.1, 0.15) is 12.8 Å². The van der Waals surface area contributed by atoms with Crippen molar-refractivity contribution in [2.45, 2.75) is 12.8 Å². The van der Waals surface area contributed by atoms with Crippen LogP contribution in [0.4, 0.5) is 5.95 Å². The zero-order chi connectivity index (χ0) is 12.5. The van der Waals surface area contributed by atoms with Gasteiger partial charge in [0.05, 0.1) is 11.0 Å². The number of carbonyl (C=O) groups is 1. The molecule has 3 N–H and O–H groups in total. The number of hydrogen-bond donors (Lipinski definition) is 2. The summed E-state index contributed by atoms with van der Waals surface area (Å²) in [5.41, 5.74) is 7.35. The fourth-order valence-electron chi connectivity index (χ4n) is 2.46. The first-order valence-electron chi connectivity index (χ1n) is 6.23. The maximum absolute atomic E-state index is 11.1. The second kappa shape index (κ2) is 4.33. The number of H-pyrrole nitrogens is 1. The van der Waals surface area contributed by atoms with Crippen LogP contribution in [0.15, 0.2) is 24.3 Å². The summed E-state index contributed by atoms with van der Waals surface area (Å²) in [6, 6.07) is 7.98. The zero-order valence-electron chi connectivity index (χ0n) is 10.1. The van der Waals surface area contributed by atoms with Crippen LogP contribution in [-0.2, 0) is 4.79 Å². The number of nitrogens with one attached hydrogen (secondary N) is 1. The maximum atomic E-state index is 11.1. The molecule has 0 bridgehead atoms. The average Bonchev–Trinajstić information content (AvgIpc) is 2.82. The van der Waals surface area contributed by atoms with Gasteiger partial charge in [-0.1, -0.05) is 12.1 Å². The Morgan fingerprint density at radius 1 is 1.33 bits per heavy atom. The maximum Gasteiger partial charge on any atom is 0.220 e. The van der Waals surface area contributed by atoms with Crippen molar-refractivity contribution >= 4 is 22.9 Å². The summed E-state index contributed by atoms with van der Waals surface area (Å²) in [5, 5.41) is 0. The van der Waals surface area contributed by atoms with Crippen LogP contribution < -0.4 is 10.6 Å². The molecule has 1 aliphatic rings. The Hall–Kier alpha value is -2.04. The number of imidazole rings is 1. The number of para-hydroxylation sites is 2. The molecule has 0 atom stereocenters. The Balaban J connectivity index is 1.78. The van der Waals surface area contributed by atoms with E-state index in [-0.39, 0.29) is 11.8 Å². The Morgan fingerprint density at radius 2 is 2.06 bits per heavy atom. The predicted octanol–water partition coefficient (Wildman–Crippen LogP) is 1.26. The van der Waals surface area contributed by atoms with Gasteiger partial charge in [0.2, 0.25) is 11.9 Å². The molecule has 1 fully saturated rings. The molecule has 2 aromatic rings. The van der Waals surface area contributed by atoms with Crippen molar-refractivity contribution in [3.05, 3.63) is 24.3 Å². The van der Waals surface area contributed by atoms with Gasteiger partial charge in [-0.2, -0.15) is 0 Å². The van der Waals surface area contributed by atoms with E-state index in [9.17, 15) is 4.79 Å². The molecule has 18 heavy (non-hydrogen) atoms. The SMILES string of the molecule is NC(=O)C1CCN(c2nc3ccccc3[nH]2)CC1. The van der Waals surface area contributed by atoms with Crippen LogP contribution in [0.2, 0.25) is 0 Å². The van der Waals surface area contributed by atoms with Crippen LogP contribution in [0.5, 0.6) is 0 Å². The van der Waals surface area contributed by atoms with Gasteiger partial charge in [0.15, 0.2) is 0 Å². The number of carbonyl (C=O) groups excluding carboxylic acids is 1. The van der Waals surface area contributed by atoms with E-state index in [2.05, 4.69) is 14.9 Å². The number of nitrogens with two attached hydrogens (primary N) is 1. The monoisotopic (exact) mass is 244 g/mol. The molecule has 0 saturated carbocycles. The summed E-state index contributed by atoms with van der Waals surface area (Å²) in [4.78, 5) is 21.2. The summed E-state index contributed by atoms with van der Waals surface area (Å²) in [5.74, 6) is 0.726. The van der Waals surface area contributed by atoms with Crippen molar-refractivity contribution in [1.82, 2.24) is 9.97 Å². The lowest BCUT2D eigenvalue weighted by Crippen LogP contribution is -2.39. The first-order chi connectivity index (χ1) is 8.74. The lowest BCUT2D eigenvalue weighted by molar-refractivity contribution is -0.122. The van der Waals surface area contributed by atoms with E-state index in [1.165, 1.54) is 0 Å². The van der Waals surface area contributed by atoms with E-state index in [4.69, 9.17) is 5.73 Å². The number of anilines is 1. The highest BCUT2D eigenvalue weighted by Gasteiger charge is 2.24. The largest absolute Gasteiger partial charge is 0.369 e. The summed E-state index contributed by atoms with van der Waals surface area (Å²) >= 11 is 0. The number of piperidine rings is 1. The third-order valence-electron chi connectivity index (χ3n) is 3.57. The van der Waals surface area contributed by atoms with Gasteiger partial charge in [-0.15, -0.1) is 0 Å². The van der Waals surface area contributed by atoms with Crippen LogP contribution in [0.3, 0.4) is 0 Å². The van der Waals surface area contributed by atoms with Gasteiger partial charge in [0, 0.05) is 19.0 Å². The topological polar surface area (TPSA) is 75.0 Å². The van der Waals surface area contributed by atoms with Crippen molar-refractivity contribution < 1.29 is 4.79 Å². The highest BCUT2D eigenvalue weighted by Crippen LogP contribution is 2.23. The van der Waals surface area contributed by atoms with E-state index in [1.807, 2.05) is 24.3 Å². The number of benzene rings is 1. The van der Waals surface area contributed by atoms with Gasteiger partial charge in [-0.25, -0.2) is 4.98 Å². The fraction of sp³-hybridized carbons (Fsp3) is 0.385. The third kappa shape index (κ3) is 1.92. The second-order valence-corrected chi connectivity index (χ2v) is 4.74. The molecule has 1 aromatic carbocycles. The highest BCUT2D eigenvalue weighted by molar-refractivity contribution is 5.78. The normalized spacial score (nSPS) is 17.2. The van der Waals surface area contributed by atoms with Crippen molar-refractivity contribution in [1.29, 1.82) is 0 Å². The second-order valence-electron chi connectivity index (χ2n) is 4.74. The van der Waals surface area contributed by atoms with E-state index < -0.39 is 0 Å². The Labute approximate surface area is 105 Å². The third-order valence-corrected chi connectivity index (χ3v) is 3.57. The van der Waals surface area contributed by atoms with E-state index >= 15 is 0 Å². The molecule has 94 valence electrons. The molecule has 1 aliphatic heterocycles. The Bertz CT molecular complexity index is 536. The van der Waals surface area contributed by atoms with Crippen LogP contribution in [0.25, 0.3) is 11.0 Å². The fourth-order valence-corrected chi connectivity index (χ4v) is 2.46. The lowest BCUT2D eigenvalue weighted by Gasteiger charge is -2.30. The number of hydrogen-bond acceptors (Lipinski definition) is 3. The minimum atomic E-state index is -0.181. The quantitative estimate of drug-likeness (QED) is 0.835. The van der Waals surface area contributed by atoms with Crippen LogP contribution in [-0.4, -0.2) is 29.0 Å². The molecule has 1 aromatic heterocycles. The van der Waals surface area contributed by atoms with Gasteiger partial charge in [-0.3, -0.25) is 4.79 Å². The number of fused-ring (bicyclic) bond motifs is 1. The number of nitrogens with zero attached hydrogens (tertiary/aromatic N) is 2. The van der Waals surface area contributed by atoms with Gasteiger partial charge in [0.25, 0.3) is 0 Å². The smallest absolute Gasteiger partial charge is 0.220 e. The van der Waals surface area contributed by atoms with Crippen molar-refractivity contribution in [3.63, 3.8) is 0 Å². The molecule has 5 nitrogen and oxygen atoms in total. The molecule has 0 aliphatic carbocycles. The molecule has 1 saturated heterocycles. The van der Waals surface area contributed by atoms with Crippen LogP contribution >= 0.6 is 0 Å². The molecular weight excluding hydrogens is 228 g/mol. The summed E-state index contributed by atoms with van der Waals surface area (Å²) in [6.45, 7) is 1.65. The number of rotatable bonds is 2. The molecule has 2 heterocycles. The molecule has 1 amide bonds. The zero-order valence-corrected chi connectivity index (χ0v) is 10.1. The van der Waals surface area contributed by atoms with Crippen molar-refractivity contribution in [2.24, 2.45) is 11.7 Å².